The summed E-state index contributed by atoms with van der Waals surface area (Å²) in [7, 11) is 0. The average Bonchev–Trinajstić information content (AvgIpc) is 2.36. The van der Waals surface area contributed by atoms with E-state index in [2.05, 4.69) is 39.6 Å². The van der Waals surface area contributed by atoms with Crippen molar-refractivity contribution in [2.24, 2.45) is 0 Å². The summed E-state index contributed by atoms with van der Waals surface area (Å²) in [6.45, 7) is 10.5. The number of carbonyl (C=O) groups excluding carboxylic acids is 1. The van der Waals surface area contributed by atoms with Crippen LogP contribution in [0.4, 0.5) is 0 Å². The fourth-order valence-electron chi connectivity index (χ4n) is 2.98. The molecule has 4 heteroatoms. The number of pyridine rings is 1. The van der Waals surface area contributed by atoms with Crippen molar-refractivity contribution >= 4 is 17.5 Å². The third-order valence-electron chi connectivity index (χ3n) is 4.24. The quantitative estimate of drug-likeness (QED) is 0.719. The van der Waals surface area contributed by atoms with Gasteiger partial charge >= 0.3 is 0 Å². The van der Waals surface area contributed by atoms with E-state index in [-0.39, 0.29) is 23.4 Å². The predicted molar refractivity (Wildman–Crippen MR) is 86.9 cm³/mol. The van der Waals surface area contributed by atoms with Gasteiger partial charge in [0, 0.05) is 28.8 Å². The van der Waals surface area contributed by atoms with Crippen molar-refractivity contribution in [3.63, 3.8) is 0 Å². The smallest absolute Gasteiger partial charge is 0.254 e. The molecule has 0 radical (unpaired) electrons. The topological polar surface area (TPSA) is 33.2 Å². The van der Waals surface area contributed by atoms with Gasteiger partial charge in [-0.15, -0.1) is 0 Å². The number of hydrogen-bond acceptors (Lipinski definition) is 2. The molecule has 1 aliphatic heterocycles. The zero-order valence-electron chi connectivity index (χ0n) is 13.6. The molecule has 0 aliphatic carbocycles. The SMILES string of the molecule is C[C@@H]1CCC[C@H](C)N1C(=O)c1cc(Cl)nc(C(C)(C)C)c1. The molecule has 0 aromatic carbocycles. The molecular weight excluding hydrogens is 284 g/mol. The maximum atomic E-state index is 12.9. The molecule has 1 saturated heterocycles. The zero-order valence-corrected chi connectivity index (χ0v) is 14.4. The van der Waals surface area contributed by atoms with Crippen molar-refractivity contribution < 1.29 is 4.79 Å². The van der Waals surface area contributed by atoms with Gasteiger partial charge in [0.15, 0.2) is 0 Å². The molecule has 0 spiro atoms. The number of hydrogen-bond donors (Lipinski definition) is 0. The van der Waals surface area contributed by atoms with Crippen molar-refractivity contribution in [2.45, 2.75) is 71.4 Å². The number of nitrogens with zero attached hydrogens (tertiary/aromatic N) is 2. The highest BCUT2D eigenvalue weighted by Gasteiger charge is 2.30. The van der Waals surface area contributed by atoms with Crippen LogP contribution >= 0.6 is 11.6 Å². The van der Waals surface area contributed by atoms with Crippen LogP contribution in [0, 0.1) is 0 Å². The Hall–Kier alpha value is -1.09. The highest BCUT2D eigenvalue weighted by atomic mass is 35.5. The molecule has 0 unspecified atom stereocenters. The second kappa shape index (κ2) is 5.96. The fourth-order valence-corrected chi connectivity index (χ4v) is 3.18. The number of amides is 1. The van der Waals surface area contributed by atoms with E-state index in [1.807, 2.05) is 11.0 Å². The van der Waals surface area contributed by atoms with Gasteiger partial charge in [0.1, 0.15) is 5.15 Å². The van der Waals surface area contributed by atoms with Crippen molar-refractivity contribution in [2.75, 3.05) is 0 Å². The molecule has 3 nitrogen and oxygen atoms in total. The first-order chi connectivity index (χ1) is 9.70. The summed E-state index contributed by atoms with van der Waals surface area (Å²) in [5.74, 6) is 0.0736. The minimum absolute atomic E-state index is 0.0736. The molecule has 1 aromatic heterocycles. The Balaban J connectivity index is 2.37. The monoisotopic (exact) mass is 308 g/mol. The molecule has 2 rings (SSSR count). The first-order valence-corrected chi connectivity index (χ1v) is 8.08. The van der Waals surface area contributed by atoms with Crippen LogP contribution < -0.4 is 0 Å². The third kappa shape index (κ3) is 3.57. The molecule has 1 aliphatic rings. The van der Waals surface area contributed by atoms with Gasteiger partial charge in [0.05, 0.1) is 0 Å². The van der Waals surface area contributed by atoms with E-state index in [0.29, 0.717) is 10.7 Å². The Morgan fingerprint density at radius 1 is 1.24 bits per heavy atom. The first kappa shape index (κ1) is 16.3. The largest absolute Gasteiger partial charge is 0.333 e. The van der Waals surface area contributed by atoms with Gasteiger partial charge < -0.3 is 4.90 Å². The van der Waals surface area contributed by atoms with Crippen molar-refractivity contribution in [1.82, 2.24) is 9.88 Å². The number of halogens is 1. The van der Waals surface area contributed by atoms with E-state index in [4.69, 9.17) is 11.6 Å². The van der Waals surface area contributed by atoms with Gasteiger partial charge in [-0.25, -0.2) is 4.98 Å². The summed E-state index contributed by atoms with van der Waals surface area (Å²) in [4.78, 5) is 19.3. The molecule has 1 fully saturated rings. The number of likely N-dealkylation sites (tertiary alicyclic amines) is 1. The molecular formula is C17H25ClN2O. The van der Waals surface area contributed by atoms with Gasteiger partial charge in [0.25, 0.3) is 5.91 Å². The highest BCUT2D eigenvalue weighted by Crippen LogP contribution is 2.28. The summed E-state index contributed by atoms with van der Waals surface area (Å²) in [6, 6.07) is 4.15. The molecule has 0 N–H and O–H groups in total. The molecule has 2 atom stereocenters. The Morgan fingerprint density at radius 3 is 2.33 bits per heavy atom. The van der Waals surface area contributed by atoms with Crippen LogP contribution in [-0.2, 0) is 5.41 Å². The van der Waals surface area contributed by atoms with E-state index in [9.17, 15) is 4.79 Å². The minimum atomic E-state index is -0.126. The summed E-state index contributed by atoms with van der Waals surface area (Å²) >= 11 is 6.13. The molecule has 21 heavy (non-hydrogen) atoms. The van der Waals surface area contributed by atoms with Crippen LogP contribution in [0.5, 0.6) is 0 Å². The molecule has 1 amide bonds. The lowest BCUT2D eigenvalue weighted by Gasteiger charge is -2.39. The molecule has 0 saturated carbocycles. The number of aromatic nitrogens is 1. The number of carbonyl (C=O) groups is 1. The predicted octanol–water partition coefficient (Wildman–Crippen LogP) is 4.44. The van der Waals surface area contributed by atoms with E-state index in [1.165, 1.54) is 6.42 Å². The van der Waals surface area contributed by atoms with Gasteiger partial charge in [-0.2, -0.15) is 0 Å². The fraction of sp³-hybridized carbons (Fsp3) is 0.647. The lowest BCUT2D eigenvalue weighted by molar-refractivity contribution is 0.0510. The van der Waals surface area contributed by atoms with Gasteiger partial charge in [-0.1, -0.05) is 32.4 Å². The maximum absolute atomic E-state index is 12.9. The van der Waals surface area contributed by atoms with E-state index in [1.54, 1.807) is 6.07 Å². The lowest BCUT2D eigenvalue weighted by atomic mass is 9.90. The normalized spacial score (nSPS) is 23.2. The van der Waals surface area contributed by atoms with Crippen LogP contribution in [0.1, 0.15) is 69.9 Å². The van der Waals surface area contributed by atoms with Gasteiger partial charge in [-0.05, 0) is 45.2 Å². The zero-order chi connectivity index (χ0) is 15.8. The molecule has 2 heterocycles. The molecule has 1 aromatic rings. The Labute approximate surface area is 132 Å². The van der Waals surface area contributed by atoms with E-state index >= 15 is 0 Å². The lowest BCUT2D eigenvalue weighted by Crippen LogP contribution is -2.47. The molecule has 0 bridgehead atoms. The summed E-state index contributed by atoms with van der Waals surface area (Å²) in [5, 5.41) is 0.392. The average molecular weight is 309 g/mol. The number of piperidine rings is 1. The van der Waals surface area contributed by atoms with Gasteiger partial charge in [-0.3, -0.25) is 4.79 Å². The van der Waals surface area contributed by atoms with Crippen LogP contribution in [0.25, 0.3) is 0 Å². The van der Waals surface area contributed by atoms with Crippen molar-refractivity contribution in [3.8, 4) is 0 Å². The summed E-state index contributed by atoms with van der Waals surface area (Å²) < 4.78 is 0. The Kier molecular flexibility index (Phi) is 4.62. The van der Waals surface area contributed by atoms with Crippen molar-refractivity contribution in [1.29, 1.82) is 0 Å². The minimum Gasteiger partial charge on any atom is -0.333 e. The first-order valence-electron chi connectivity index (χ1n) is 7.71. The maximum Gasteiger partial charge on any atom is 0.254 e. The van der Waals surface area contributed by atoms with Crippen LogP contribution in [-0.4, -0.2) is 27.9 Å². The second-order valence-corrected chi connectivity index (χ2v) is 7.54. The second-order valence-electron chi connectivity index (χ2n) is 7.16. The summed E-state index contributed by atoms with van der Waals surface area (Å²) in [6.07, 6.45) is 3.33. The Bertz CT molecular complexity index is 526. The number of rotatable bonds is 1. The van der Waals surface area contributed by atoms with Crippen molar-refractivity contribution in [3.05, 3.63) is 28.5 Å². The van der Waals surface area contributed by atoms with E-state index in [0.717, 1.165) is 18.5 Å². The van der Waals surface area contributed by atoms with Gasteiger partial charge in [0.2, 0.25) is 0 Å². The highest BCUT2D eigenvalue weighted by molar-refractivity contribution is 6.29. The Morgan fingerprint density at radius 2 is 1.81 bits per heavy atom. The van der Waals surface area contributed by atoms with Crippen LogP contribution in [0.3, 0.4) is 0 Å². The van der Waals surface area contributed by atoms with Crippen LogP contribution in [0.15, 0.2) is 12.1 Å². The third-order valence-corrected chi connectivity index (χ3v) is 4.43. The molecule has 116 valence electrons. The van der Waals surface area contributed by atoms with Crippen LogP contribution in [0.2, 0.25) is 5.15 Å². The standard InChI is InChI=1S/C17H25ClN2O/c1-11-7-6-8-12(2)20(11)16(21)13-9-14(17(3,4)5)19-15(18)10-13/h9-12H,6-8H2,1-5H3/t11-,12+. The summed E-state index contributed by atoms with van der Waals surface area (Å²) in [5.41, 5.74) is 1.38. The van der Waals surface area contributed by atoms with E-state index < -0.39 is 0 Å².